The third-order valence-corrected chi connectivity index (χ3v) is 2.17. The second-order valence-corrected chi connectivity index (χ2v) is 4.52. The van der Waals surface area contributed by atoms with Crippen LogP contribution in [0.4, 0.5) is 0 Å². The lowest BCUT2D eigenvalue weighted by Crippen LogP contribution is -2.20. The normalized spacial score (nSPS) is 11.3. The lowest BCUT2D eigenvalue weighted by Gasteiger charge is -2.17. The molecule has 1 rings (SSSR count). The van der Waals surface area contributed by atoms with E-state index in [1.165, 1.54) is 0 Å². The lowest BCUT2D eigenvalue weighted by atomic mass is 9.86. The van der Waals surface area contributed by atoms with Crippen molar-refractivity contribution in [3.63, 3.8) is 0 Å². The van der Waals surface area contributed by atoms with Crippen LogP contribution in [0.15, 0.2) is 29.2 Å². The maximum Gasteiger partial charge on any atom is 0.169 e. The van der Waals surface area contributed by atoms with E-state index >= 15 is 0 Å². The van der Waals surface area contributed by atoms with Gasteiger partial charge in [0.05, 0.1) is 0 Å². The summed E-state index contributed by atoms with van der Waals surface area (Å²) in [4.78, 5) is 12.5. The molecule has 0 aliphatic carbocycles. The van der Waals surface area contributed by atoms with Crippen molar-refractivity contribution in [2.75, 3.05) is 0 Å². The number of carbonyl (C=O) groups excluding carboxylic acids is 1. The zero-order chi connectivity index (χ0) is 10.1. The van der Waals surface area contributed by atoms with Crippen molar-refractivity contribution < 1.29 is 4.79 Å². The first-order valence-electron chi connectivity index (χ1n) is 4.24. The molecule has 0 aromatic heterocycles. The van der Waals surface area contributed by atoms with E-state index in [1.54, 1.807) is 12.1 Å². The molecule has 0 saturated carbocycles. The Balaban J connectivity index is 3.10. The largest absolute Gasteiger partial charge is 0.294 e. The zero-order valence-corrected chi connectivity index (χ0v) is 8.94. The topological polar surface area (TPSA) is 17.1 Å². The molecule has 0 heterocycles. The van der Waals surface area contributed by atoms with E-state index in [2.05, 4.69) is 0 Å². The van der Waals surface area contributed by atoms with E-state index in [9.17, 15) is 4.79 Å². The number of hydrogen-bond donors (Lipinski definition) is 0. The number of ketones is 1. The molecule has 0 unspecified atom stereocenters. The van der Waals surface area contributed by atoms with Gasteiger partial charge in [-0.25, -0.2) is 0 Å². The van der Waals surface area contributed by atoms with Crippen LogP contribution in [0.5, 0.6) is 0 Å². The van der Waals surface area contributed by atoms with Gasteiger partial charge >= 0.3 is 0 Å². The van der Waals surface area contributed by atoms with Gasteiger partial charge in [-0.2, -0.15) is 0 Å². The van der Waals surface area contributed by atoms with E-state index in [-0.39, 0.29) is 11.2 Å². The molecular formula is C11H13OS. The van der Waals surface area contributed by atoms with Crippen LogP contribution in [0, 0.1) is 5.41 Å². The molecular weight excluding hydrogens is 180 g/mol. The predicted molar refractivity (Wildman–Crippen MR) is 56.1 cm³/mol. The summed E-state index contributed by atoms with van der Waals surface area (Å²) in [6, 6.07) is 7.26. The summed E-state index contributed by atoms with van der Waals surface area (Å²) in [6.07, 6.45) is 0. The third kappa shape index (κ3) is 2.28. The molecule has 0 bridgehead atoms. The molecule has 0 spiro atoms. The summed E-state index contributed by atoms with van der Waals surface area (Å²) < 4.78 is 0. The molecule has 0 aliphatic heterocycles. The Kier molecular flexibility index (Phi) is 2.71. The highest BCUT2D eigenvalue weighted by Crippen LogP contribution is 2.24. The van der Waals surface area contributed by atoms with E-state index in [0.29, 0.717) is 10.5 Å². The van der Waals surface area contributed by atoms with Crippen LogP contribution in [0.25, 0.3) is 0 Å². The Morgan fingerprint density at radius 3 is 2.23 bits per heavy atom. The van der Waals surface area contributed by atoms with Crippen molar-refractivity contribution in [2.45, 2.75) is 25.7 Å². The summed E-state index contributed by atoms with van der Waals surface area (Å²) in [7, 11) is 0. The van der Waals surface area contributed by atoms with Crippen LogP contribution < -0.4 is 0 Å². The number of hydrogen-bond acceptors (Lipinski definition) is 1. The number of benzene rings is 1. The van der Waals surface area contributed by atoms with Crippen LogP contribution in [-0.2, 0) is 0 Å². The highest BCUT2D eigenvalue weighted by atomic mass is 32.1. The first-order chi connectivity index (χ1) is 5.93. The molecule has 0 fully saturated rings. The first-order valence-corrected chi connectivity index (χ1v) is 4.64. The standard InChI is InChI=1S/C11H13OS/c1-11(2,3)10(12)8-6-4-5-7-9(8)13/h4-7H,1-3H3. The Hall–Kier alpha value is -0.890. The fourth-order valence-corrected chi connectivity index (χ4v) is 1.30. The molecule has 0 atom stereocenters. The minimum Gasteiger partial charge on any atom is -0.294 e. The Morgan fingerprint density at radius 2 is 1.77 bits per heavy atom. The highest BCUT2D eigenvalue weighted by Gasteiger charge is 2.24. The van der Waals surface area contributed by atoms with Crippen molar-refractivity contribution >= 4 is 18.4 Å². The van der Waals surface area contributed by atoms with E-state index in [0.717, 1.165) is 0 Å². The van der Waals surface area contributed by atoms with Gasteiger partial charge in [0.1, 0.15) is 0 Å². The minimum absolute atomic E-state index is 0.109. The van der Waals surface area contributed by atoms with Crippen molar-refractivity contribution in [3.05, 3.63) is 29.8 Å². The fourth-order valence-electron chi connectivity index (χ4n) is 1.06. The highest BCUT2D eigenvalue weighted by molar-refractivity contribution is 7.80. The summed E-state index contributed by atoms with van der Waals surface area (Å²) in [6.45, 7) is 5.70. The molecule has 1 aromatic carbocycles. The average Bonchev–Trinajstić information content (AvgIpc) is 2.02. The molecule has 0 aliphatic rings. The second kappa shape index (κ2) is 3.46. The number of carbonyl (C=O) groups is 1. The van der Waals surface area contributed by atoms with Crippen LogP contribution in [0.3, 0.4) is 0 Å². The lowest BCUT2D eigenvalue weighted by molar-refractivity contribution is 0.0855. The maximum atomic E-state index is 11.8. The summed E-state index contributed by atoms with van der Waals surface area (Å²) in [5.74, 6) is 0.109. The van der Waals surface area contributed by atoms with Gasteiger partial charge in [0, 0.05) is 15.9 Å². The fraction of sp³-hybridized carbons (Fsp3) is 0.364. The van der Waals surface area contributed by atoms with Crippen molar-refractivity contribution in [2.24, 2.45) is 5.41 Å². The Bertz CT molecular complexity index is 323. The van der Waals surface area contributed by atoms with Gasteiger partial charge in [0.2, 0.25) is 0 Å². The van der Waals surface area contributed by atoms with Gasteiger partial charge in [0.15, 0.2) is 5.78 Å². The minimum atomic E-state index is -0.352. The van der Waals surface area contributed by atoms with Gasteiger partial charge in [-0.1, -0.05) is 45.5 Å². The zero-order valence-electron chi connectivity index (χ0n) is 8.13. The molecule has 0 amide bonds. The molecule has 0 N–H and O–H groups in total. The van der Waals surface area contributed by atoms with Gasteiger partial charge < -0.3 is 0 Å². The van der Waals surface area contributed by atoms with Crippen LogP contribution in [0.1, 0.15) is 31.1 Å². The van der Waals surface area contributed by atoms with Crippen LogP contribution in [0.2, 0.25) is 0 Å². The third-order valence-electron chi connectivity index (χ3n) is 1.81. The Labute approximate surface area is 84.6 Å². The van der Waals surface area contributed by atoms with E-state index in [1.807, 2.05) is 32.9 Å². The van der Waals surface area contributed by atoms with E-state index in [4.69, 9.17) is 12.6 Å². The van der Waals surface area contributed by atoms with Crippen molar-refractivity contribution in [1.82, 2.24) is 0 Å². The average molecular weight is 193 g/mol. The van der Waals surface area contributed by atoms with Gasteiger partial charge in [-0.15, -0.1) is 0 Å². The maximum absolute atomic E-state index is 11.8. The van der Waals surface area contributed by atoms with Crippen molar-refractivity contribution in [1.29, 1.82) is 0 Å². The molecule has 1 aromatic rings. The number of rotatable bonds is 1. The van der Waals surface area contributed by atoms with Crippen molar-refractivity contribution in [3.8, 4) is 0 Å². The van der Waals surface area contributed by atoms with Gasteiger partial charge in [0.25, 0.3) is 0 Å². The number of Topliss-reactive ketones (excluding diaryl/α,β-unsaturated/α-hetero) is 1. The molecule has 1 nitrogen and oxygen atoms in total. The van der Waals surface area contributed by atoms with Gasteiger partial charge in [-0.3, -0.25) is 4.79 Å². The molecule has 13 heavy (non-hydrogen) atoms. The summed E-state index contributed by atoms with van der Waals surface area (Å²) >= 11 is 5.08. The summed E-state index contributed by atoms with van der Waals surface area (Å²) in [5, 5.41) is 0. The molecule has 2 heteroatoms. The SMILES string of the molecule is CC(C)(C)C(=O)c1ccccc1[S]. The first kappa shape index (κ1) is 10.2. The quantitative estimate of drug-likeness (QED) is 0.624. The van der Waals surface area contributed by atoms with Crippen LogP contribution >= 0.6 is 12.6 Å². The van der Waals surface area contributed by atoms with E-state index < -0.39 is 0 Å². The Morgan fingerprint density at radius 1 is 1.23 bits per heavy atom. The summed E-state index contributed by atoms with van der Waals surface area (Å²) in [5.41, 5.74) is 0.305. The molecule has 69 valence electrons. The van der Waals surface area contributed by atoms with Gasteiger partial charge in [-0.05, 0) is 12.1 Å². The smallest absolute Gasteiger partial charge is 0.169 e. The molecule has 0 saturated heterocycles. The monoisotopic (exact) mass is 193 g/mol. The predicted octanol–water partition coefficient (Wildman–Crippen LogP) is 3.47. The molecule has 1 radical (unpaired) electrons. The second-order valence-electron chi connectivity index (χ2n) is 4.08. The van der Waals surface area contributed by atoms with Crippen LogP contribution in [-0.4, -0.2) is 5.78 Å².